The number of hydrogen-bond donors (Lipinski definition) is 1. The molecule has 1 aromatic rings. The van der Waals surface area contributed by atoms with Gasteiger partial charge in [-0.2, -0.15) is 5.10 Å². The van der Waals surface area contributed by atoms with Gasteiger partial charge in [-0.15, -0.1) is 0 Å². The molecule has 0 amide bonds. The Morgan fingerprint density at radius 1 is 1.15 bits per heavy atom. The second kappa shape index (κ2) is 5.47. The van der Waals surface area contributed by atoms with Crippen molar-refractivity contribution < 1.29 is 0 Å². The fourth-order valence-corrected chi connectivity index (χ4v) is 4.17. The third-order valence-corrected chi connectivity index (χ3v) is 5.23. The van der Waals surface area contributed by atoms with Gasteiger partial charge in [-0.1, -0.05) is 39.0 Å². The lowest BCUT2D eigenvalue weighted by Crippen LogP contribution is -2.43. The van der Waals surface area contributed by atoms with Gasteiger partial charge in [0.25, 0.3) is 0 Å². The molecule has 1 heterocycles. The zero-order valence-corrected chi connectivity index (χ0v) is 12.9. The van der Waals surface area contributed by atoms with E-state index in [0.29, 0.717) is 11.8 Å². The summed E-state index contributed by atoms with van der Waals surface area (Å²) >= 11 is 0. The summed E-state index contributed by atoms with van der Waals surface area (Å²) in [6.07, 6.45) is 11.1. The molecule has 0 saturated heterocycles. The van der Waals surface area contributed by atoms with E-state index in [1.807, 2.05) is 11.7 Å². The Hall–Kier alpha value is -0.900. The third-order valence-electron chi connectivity index (χ3n) is 5.23. The maximum absolute atomic E-state index is 6.69. The summed E-state index contributed by atoms with van der Waals surface area (Å²) in [5.74, 6) is 3.33. The number of aryl methyl sites for hydroxylation is 1. The summed E-state index contributed by atoms with van der Waals surface area (Å²) < 4.78 is 1.96. The van der Waals surface area contributed by atoms with E-state index in [2.05, 4.69) is 6.92 Å². The molecule has 2 aliphatic carbocycles. The van der Waals surface area contributed by atoms with Crippen LogP contribution in [-0.2, 0) is 12.6 Å². The lowest BCUT2D eigenvalue weighted by molar-refractivity contribution is 0.222. The normalized spacial score (nSPS) is 32.5. The average Bonchev–Trinajstić information content (AvgIpc) is 2.82. The van der Waals surface area contributed by atoms with Crippen molar-refractivity contribution in [2.45, 2.75) is 76.2 Å². The lowest BCUT2D eigenvalue weighted by Gasteiger charge is -2.35. The largest absolute Gasteiger partial charge is 0.319 e. The molecule has 0 radical (unpaired) electrons. The molecule has 20 heavy (non-hydrogen) atoms. The number of hydrogen-bond acceptors (Lipinski definition) is 3. The number of rotatable bonds is 2. The smallest absolute Gasteiger partial charge is 0.154 e. The SMILES string of the molecule is CC1CCCC(N)(c2nc(C3CCCCC3)nn2C)C1. The summed E-state index contributed by atoms with van der Waals surface area (Å²) in [6.45, 7) is 2.30. The van der Waals surface area contributed by atoms with Crippen molar-refractivity contribution in [2.75, 3.05) is 0 Å². The molecule has 112 valence electrons. The van der Waals surface area contributed by atoms with Crippen molar-refractivity contribution in [3.8, 4) is 0 Å². The number of aromatic nitrogens is 3. The van der Waals surface area contributed by atoms with Crippen LogP contribution in [0.5, 0.6) is 0 Å². The van der Waals surface area contributed by atoms with Crippen LogP contribution in [0.1, 0.15) is 82.3 Å². The minimum absolute atomic E-state index is 0.258. The Kier molecular flexibility index (Phi) is 3.85. The molecule has 2 N–H and O–H groups in total. The van der Waals surface area contributed by atoms with E-state index in [0.717, 1.165) is 24.5 Å². The molecule has 1 aromatic heterocycles. The van der Waals surface area contributed by atoms with Gasteiger partial charge >= 0.3 is 0 Å². The van der Waals surface area contributed by atoms with Crippen LogP contribution in [0.2, 0.25) is 0 Å². The molecule has 0 spiro atoms. The van der Waals surface area contributed by atoms with E-state index >= 15 is 0 Å². The standard InChI is InChI=1S/C16H28N4/c1-12-7-6-10-16(17,11-12)15-18-14(19-20(15)2)13-8-4-3-5-9-13/h12-13H,3-11,17H2,1-2H3. The first kappa shape index (κ1) is 14.1. The zero-order chi connectivity index (χ0) is 14.2. The first-order chi connectivity index (χ1) is 9.58. The second-order valence-electron chi connectivity index (χ2n) is 7.11. The van der Waals surface area contributed by atoms with E-state index < -0.39 is 0 Å². The van der Waals surface area contributed by atoms with Crippen molar-refractivity contribution in [3.63, 3.8) is 0 Å². The predicted molar refractivity (Wildman–Crippen MR) is 80.3 cm³/mol. The molecule has 4 heteroatoms. The van der Waals surface area contributed by atoms with E-state index in [9.17, 15) is 0 Å². The summed E-state index contributed by atoms with van der Waals surface area (Å²) in [5.41, 5.74) is 6.43. The van der Waals surface area contributed by atoms with Crippen LogP contribution in [0.4, 0.5) is 0 Å². The van der Waals surface area contributed by atoms with Gasteiger partial charge in [0, 0.05) is 13.0 Å². The van der Waals surface area contributed by atoms with Crippen LogP contribution in [0.3, 0.4) is 0 Å². The first-order valence-electron chi connectivity index (χ1n) is 8.29. The predicted octanol–water partition coefficient (Wildman–Crippen LogP) is 3.23. The van der Waals surface area contributed by atoms with Gasteiger partial charge < -0.3 is 5.73 Å². The molecule has 2 unspecified atom stereocenters. The summed E-state index contributed by atoms with van der Waals surface area (Å²) in [5, 5.41) is 4.71. The minimum Gasteiger partial charge on any atom is -0.319 e. The second-order valence-corrected chi connectivity index (χ2v) is 7.11. The van der Waals surface area contributed by atoms with Crippen molar-refractivity contribution in [1.29, 1.82) is 0 Å². The maximum Gasteiger partial charge on any atom is 0.154 e. The minimum atomic E-state index is -0.258. The van der Waals surface area contributed by atoms with Crippen LogP contribution < -0.4 is 5.73 Å². The monoisotopic (exact) mass is 276 g/mol. The van der Waals surface area contributed by atoms with Gasteiger partial charge in [-0.05, 0) is 31.6 Å². The van der Waals surface area contributed by atoms with Crippen LogP contribution >= 0.6 is 0 Å². The number of nitrogens with two attached hydrogens (primary N) is 1. The van der Waals surface area contributed by atoms with Crippen LogP contribution in [0.15, 0.2) is 0 Å². The van der Waals surface area contributed by atoms with Gasteiger partial charge in [0.15, 0.2) is 5.82 Å². The van der Waals surface area contributed by atoms with Crippen molar-refractivity contribution in [3.05, 3.63) is 11.6 Å². The summed E-state index contributed by atoms with van der Waals surface area (Å²) in [6, 6.07) is 0. The van der Waals surface area contributed by atoms with Gasteiger partial charge in [-0.25, -0.2) is 4.98 Å². The lowest BCUT2D eigenvalue weighted by atomic mass is 9.76. The highest BCUT2D eigenvalue weighted by Crippen LogP contribution is 2.38. The summed E-state index contributed by atoms with van der Waals surface area (Å²) in [4.78, 5) is 4.89. The Bertz CT molecular complexity index is 461. The fraction of sp³-hybridized carbons (Fsp3) is 0.875. The van der Waals surface area contributed by atoms with E-state index in [-0.39, 0.29) is 5.54 Å². The van der Waals surface area contributed by atoms with Crippen molar-refractivity contribution >= 4 is 0 Å². The van der Waals surface area contributed by atoms with E-state index in [1.165, 1.54) is 44.9 Å². The van der Waals surface area contributed by atoms with Crippen LogP contribution in [0.25, 0.3) is 0 Å². The highest BCUT2D eigenvalue weighted by Gasteiger charge is 2.37. The Morgan fingerprint density at radius 2 is 1.90 bits per heavy atom. The quantitative estimate of drug-likeness (QED) is 0.902. The molecule has 0 aliphatic heterocycles. The Morgan fingerprint density at radius 3 is 2.60 bits per heavy atom. The average molecular weight is 276 g/mol. The Balaban J connectivity index is 1.84. The molecule has 3 rings (SSSR count). The van der Waals surface area contributed by atoms with Crippen molar-refractivity contribution in [1.82, 2.24) is 14.8 Å². The van der Waals surface area contributed by atoms with E-state index in [4.69, 9.17) is 15.8 Å². The molecule has 0 bridgehead atoms. The molecule has 0 aromatic carbocycles. The fourth-order valence-electron chi connectivity index (χ4n) is 4.17. The summed E-state index contributed by atoms with van der Waals surface area (Å²) in [7, 11) is 2.02. The molecular weight excluding hydrogens is 248 g/mol. The topological polar surface area (TPSA) is 56.7 Å². The molecule has 2 aliphatic rings. The molecular formula is C16H28N4. The highest BCUT2D eigenvalue weighted by atomic mass is 15.3. The van der Waals surface area contributed by atoms with Gasteiger partial charge in [0.2, 0.25) is 0 Å². The van der Waals surface area contributed by atoms with Gasteiger partial charge in [0.1, 0.15) is 5.82 Å². The third kappa shape index (κ3) is 2.62. The first-order valence-corrected chi connectivity index (χ1v) is 8.29. The van der Waals surface area contributed by atoms with Gasteiger partial charge in [0.05, 0.1) is 5.54 Å². The molecule has 2 saturated carbocycles. The number of nitrogens with zero attached hydrogens (tertiary/aromatic N) is 3. The molecule has 4 nitrogen and oxygen atoms in total. The highest BCUT2D eigenvalue weighted by molar-refractivity contribution is 5.11. The zero-order valence-electron chi connectivity index (χ0n) is 12.9. The van der Waals surface area contributed by atoms with Crippen LogP contribution in [0, 0.1) is 5.92 Å². The van der Waals surface area contributed by atoms with Gasteiger partial charge in [-0.3, -0.25) is 4.68 Å². The molecule has 2 atom stereocenters. The van der Waals surface area contributed by atoms with Crippen molar-refractivity contribution in [2.24, 2.45) is 18.7 Å². The van der Waals surface area contributed by atoms with E-state index in [1.54, 1.807) is 0 Å². The maximum atomic E-state index is 6.69. The molecule has 2 fully saturated rings. The Labute approximate surface area is 122 Å². The van der Waals surface area contributed by atoms with Crippen LogP contribution in [-0.4, -0.2) is 14.8 Å².